The molecule has 0 radical (unpaired) electrons. The van der Waals surface area contributed by atoms with Crippen LogP contribution in [-0.2, 0) is 24.2 Å². The molecule has 0 aliphatic carbocycles. The first-order valence-corrected chi connectivity index (χ1v) is 5.44. The first-order chi connectivity index (χ1) is 4.63. The Bertz CT molecular complexity index is 95.3. The zero-order chi connectivity index (χ0) is 8.15. The minimum atomic E-state index is 0.855. The fourth-order valence-corrected chi connectivity index (χ4v) is 1.93. The second-order valence-corrected chi connectivity index (χ2v) is 4.49. The summed E-state index contributed by atoms with van der Waals surface area (Å²) in [5.41, 5.74) is 0. The van der Waals surface area contributed by atoms with E-state index in [2.05, 4.69) is 27.7 Å². The van der Waals surface area contributed by atoms with Crippen molar-refractivity contribution in [3.8, 4) is 0 Å². The van der Waals surface area contributed by atoms with Crippen LogP contribution in [0.5, 0.6) is 0 Å². The quantitative estimate of drug-likeness (QED) is 0.679. The molecule has 0 fully saturated rings. The van der Waals surface area contributed by atoms with Gasteiger partial charge in [0.15, 0.2) is 0 Å². The van der Waals surface area contributed by atoms with Crippen LogP contribution >= 0.6 is 0 Å². The van der Waals surface area contributed by atoms with Crippen LogP contribution in [0.1, 0.15) is 40.5 Å². The van der Waals surface area contributed by atoms with Crippen LogP contribution in [0.15, 0.2) is 0 Å². The molecule has 0 aromatic rings. The molecular formula is C9H18Zr+2. The molecule has 0 nitrogen and oxygen atoms in total. The van der Waals surface area contributed by atoms with Crippen LogP contribution in [-0.4, -0.2) is 3.21 Å². The van der Waals surface area contributed by atoms with Crippen LogP contribution in [0.3, 0.4) is 0 Å². The summed E-state index contributed by atoms with van der Waals surface area (Å²) in [4.78, 5) is 0. The predicted octanol–water partition coefficient (Wildman–Crippen LogP) is 2.80. The second kappa shape index (κ2) is 5.41. The molecule has 0 spiro atoms. The van der Waals surface area contributed by atoms with E-state index in [-0.39, 0.29) is 0 Å². The molecule has 0 saturated carbocycles. The van der Waals surface area contributed by atoms with Crippen LogP contribution in [0.4, 0.5) is 0 Å². The Morgan fingerprint density at radius 3 is 1.60 bits per heavy atom. The SMILES string of the molecule is CCC(C)[C](=[Zr+2])C(C)CC. The third-order valence-corrected chi connectivity index (χ3v) is 4.71. The van der Waals surface area contributed by atoms with Gasteiger partial charge in [0.25, 0.3) is 0 Å². The Labute approximate surface area is 79.7 Å². The third kappa shape index (κ3) is 3.24. The van der Waals surface area contributed by atoms with Crippen molar-refractivity contribution >= 4 is 3.21 Å². The number of rotatable bonds is 4. The number of hydrogen-bond donors (Lipinski definition) is 0. The molecule has 1 heteroatoms. The molecule has 0 aromatic heterocycles. The van der Waals surface area contributed by atoms with Gasteiger partial charge in [-0.1, -0.05) is 0 Å². The molecule has 2 atom stereocenters. The van der Waals surface area contributed by atoms with Gasteiger partial charge in [0.2, 0.25) is 0 Å². The molecule has 0 heterocycles. The molecule has 2 unspecified atom stereocenters. The van der Waals surface area contributed by atoms with Gasteiger partial charge >= 0.3 is 79.8 Å². The van der Waals surface area contributed by atoms with E-state index in [1.54, 1.807) is 27.4 Å². The van der Waals surface area contributed by atoms with Gasteiger partial charge in [0.1, 0.15) is 0 Å². The zero-order valence-corrected chi connectivity index (χ0v) is 10.0. The standard InChI is InChI=1S/C9H18.Zr/c1-5-8(3)7-9(4)6-2;/h8-9H,5-6H2,1-4H3;/q;+2. The summed E-state index contributed by atoms with van der Waals surface area (Å²) in [6, 6.07) is 0. The van der Waals surface area contributed by atoms with Crippen molar-refractivity contribution in [2.45, 2.75) is 40.5 Å². The van der Waals surface area contributed by atoms with Gasteiger partial charge < -0.3 is 0 Å². The van der Waals surface area contributed by atoms with Crippen molar-refractivity contribution in [2.75, 3.05) is 0 Å². The molecule has 0 N–H and O–H groups in total. The van der Waals surface area contributed by atoms with E-state index in [1.807, 2.05) is 0 Å². The summed E-state index contributed by atoms with van der Waals surface area (Å²) in [5, 5.41) is 0. The molecule has 0 amide bonds. The van der Waals surface area contributed by atoms with Gasteiger partial charge in [-0.3, -0.25) is 0 Å². The van der Waals surface area contributed by atoms with E-state index in [9.17, 15) is 0 Å². The molecule has 10 heavy (non-hydrogen) atoms. The molecular weight excluding hydrogens is 199 g/mol. The summed E-state index contributed by atoms with van der Waals surface area (Å²) in [5.74, 6) is 1.71. The van der Waals surface area contributed by atoms with Crippen molar-refractivity contribution in [3.05, 3.63) is 0 Å². The Morgan fingerprint density at radius 2 is 1.40 bits per heavy atom. The van der Waals surface area contributed by atoms with Crippen molar-refractivity contribution in [2.24, 2.45) is 11.8 Å². The minimum absolute atomic E-state index is 0.855. The Kier molecular flexibility index (Phi) is 5.82. The molecule has 0 bridgehead atoms. The summed E-state index contributed by atoms with van der Waals surface area (Å²) >= 11 is 1.65. The van der Waals surface area contributed by atoms with E-state index in [1.165, 1.54) is 12.8 Å². The number of hydrogen-bond acceptors (Lipinski definition) is 0. The first kappa shape index (κ1) is 10.8. The predicted molar refractivity (Wildman–Crippen MR) is 43.9 cm³/mol. The van der Waals surface area contributed by atoms with Crippen LogP contribution < -0.4 is 0 Å². The summed E-state index contributed by atoms with van der Waals surface area (Å²) < 4.78 is 1.76. The van der Waals surface area contributed by atoms with Crippen molar-refractivity contribution in [1.29, 1.82) is 0 Å². The Morgan fingerprint density at radius 1 is 1.10 bits per heavy atom. The summed E-state index contributed by atoms with van der Waals surface area (Å²) in [7, 11) is 0. The van der Waals surface area contributed by atoms with Crippen molar-refractivity contribution in [1.82, 2.24) is 0 Å². The average Bonchev–Trinajstić information content (AvgIpc) is 2.00. The van der Waals surface area contributed by atoms with Gasteiger partial charge in [-0.05, 0) is 0 Å². The Balaban J connectivity index is 3.82. The molecule has 0 saturated heterocycles. The maximum absolute atomic E-state index is 2.34. The summed E-state index contributed by atoms with van der Waals surface area (Å²) in [6.07, 6.45) is 2.62. The Hall–Kier alpha value is 0.753. The van der Waals surface area contributed by atoms with Crippen LogP contribution in [0.2, 0.25) is 0 Å². The van der Waals surface area contributed by atoms with E-state index >= 15 is 0 Å². The molecule has 0 rings (SSSR count). The molecule has 0 aromatic carbocycles. The van der Waals surface area contributed by atoms with E-state index < -0.39 is 0 Å². The average molecular weight is 217 g/mol. The maximum atomic E-state index is 2.34. The first-order valence-electron chi connectivity index (χ1n) is 4.21. The monoisotopic (exact) mass is 216 g/mol. The van der Waals surface area contributed by atoms with Gasteiger partial charge in [-0.25, -0.2) is 0 Å². The van der Waals surface area contributed by atoms with Gasteiger partial charge in [0, 0.05) is 0 Å². The topological polar surface area (TPSA) is 0 Å². The zero-order valence-electron chi connectivity index (χ0n) is 7.57. The van der Waals surface area contributed by atoms with E-state index in [0.717, 1.165) is 11.8 Å². The fourth-order valence-electron chi connectivity index (χ4n) is 0.926. The van der Waals surface area contributed by atoms with E-state index in [4.69, 9.17) is 0 Å². The third-order valence-electron chi connectivity index (χ3n) is 2.29. The van der Waals surface area contributed by atoms with Crippen molar-refractivity contribution < 1.29 is 24.2 Å². The van der Waals surface area contributed by atoms with Crippen LogP contribution in [0, 0.1) is 11.8 Å². The summed E-state index contributed by atoms with van der Waals surface area (Å²) in [6.45, 7) is 9.24. The van der Waals surface area contributed by atoms with E-state index in [0.29, 0.717) is 0 Å². The van der Waals surface area contributed by atoms with Crippen LogP contribution in [0.25, 0.3) is 0 Å². The van der Waals surface area contributed by atoms with Crippen molar-refractivity contribution in [3.63, 3.8) is 0 Å². The van der Waals surface area contributed by atoms with Gasteiger partial charge in [-0.2, -0.15) is 0 Å². The fraction of sp³-hybridized carbons (Fsp3) is 0.889. The normalized spacial score (nSPS) is 16.6. The van der Waals surface area contributed by atoms with Gasteiger partial charge in [0.05, 0.1) is 0 Å². The molecule has 56 valence electrons. The molecule has 0 aliphatic heterocycles. The van der Waals surface area contributed by atoms with Gasteiger partial charge in [-0.15, -0.1) is 0 Å². The second-order valence-electron chi connectivity index (χ2n) is 3.07. The molecule has 0 aliphatic rings.